The Balaban J connectivity index is 2.36. The van der Waals surface area contributed by atoms with Crippen molar-refractivity contribution < 1.29 is 8.42 Å². The number of hydrogen-bond acceptors (Lipinski definition) is 3. The molecule has 0 aromatic carbocycles. The second-order valence-corrected chi connectivity index (χ2v) is 7.45. The fraction of sp³-hybridized carbons (Fsp3) is 1.00. The van der Waals surface area contributed by atoms with Crippen molar-refractivity contribution in [3.05, 3.63) is 0 Å². The monoisotopic (exact) mass is 261 g/mol. The van der Waals surface area contributed by atoms with Crippen LogP contribution >= 0.6 is 0 Å². The van der Waals surface area contributed by atoms with Gasteiger partial charge in [0.15, 0.2) is 9.84 Å². The minimum Gasteiger partial charge on any atom is -0.313 e. The largest absolute Gasteiger partial charge is 0.313 e. The molecular formula is C13H27NO2S. The zero-order valence-electron chi connectivity index (χ0n) is 11.2. The maximum atomic E-state index is 12.0. The van der Waals surface area contributed by atoms with Crippen LogP contribution in [0.15, 0.2) is 0 Å². The van der Waals surface area contributed by atoms with Gasteiger partial charge in [0.1, 0.15) is 0 Å². The van der Waals surface area contributed by atoms with Crippen LogP contribution in [0.1, 0.15) is 52.4 Å². The van der Waals surface area contributed by atoms with E-state index in [-0.39, 0.29) is 6.04 Å². The highest BCUT2D eigenvalue weighted by atomic mass is 32.2. The quantitative estimate of drug-likeness (QED) is 0.614. The molecule has 1 N–H and O–H groups in total. The molecule has 1 fully saturated rings. The summed E-state index contributed by atoms with van der Waals surface area (Å²) in [5, 5.41) is 3.40. The van der Waals surface area contributed by atoms with Gasteiger partial charge in [0, 0.05) is 6.04 Å². The van der Waals surface area contributed by atoms with Crippen molar-refractivity contribution in [2.45, 2.75) is 58.4 Å². The van der Waals surface area contributed by atoms with Gasteiger partial charge in [-0.2, -0.15) is 0 Å². The van der Waals surface area contributed by atoms with E-state index in [0.717, 1.165) is 32.2 Å². The molecule has 0 radical (unpaired) electrons. The third-order valence-corrected chi connectivity index (χ3v) is 5.12. The smallest absolute Gasteiger partial charge is 0.151 e. The molecule has 0 spiro atoms. The van der Waals surface area contributed by atoms with Crippen LogP contribution < -0.4 is 5.32 Å². The first-order chi connectivity index (χ1) is 8.09. The highest BCUT2D eigenvalue weighted by Gasteiger charge is 2.33. The standard InChI is InChI=1S/C13H27NO2S/c1-3-5-6-10-17(15,16)11-13(12-7-8-12)14-9-4-2/h12-14H,3-11H2,1-2H3. The number of rotatable bonds is 10. The summed E-state index contributed by atoms with van der Waals surface area (Å²) in [6, 6.07) is 0.210. The highest BCUT2D eigenvalue weighted by Crippen LogP contribution is 2.33. The fourth-order valence-corrected chi connectivity index (χ4v) is 3.87. The second-order valence-electron chi connectivity index (χ2n) is 5.22. The van der Waals surface area contributed by atoms with E-state index in [1.807, 2.05) is 0 Å². The normalized spacial score (nSPS) is 18.2. The van der Waals surface area contributed by atoms with Crippen LogP contribution in [0.4, 0.5) is 0 Å². The summed E-state index contributed by atoms with van der Waals surface area (Å²) >= 11 is 0. The molecule has 1 rings (SSSR count). The van der Waals surface area contributed by atoms with Gasteiger partial charge in [-0.25, -0.2) is 8.42 Å². The number of nitrogens with one attached hydrogen (secondary N) is 1. The third-order valence-electron chi connectivity index (χ3n) is 3.34. The molecule has 0 aromatic rings. The molecular weight excluding hydrogens is 234 g/mol. The summed E-state index contributed by atoms with van der Waals surface area (Å²) in [6.07, 6.45) is 6.40. The molecule has 102 valence electrons. The average molecular weight is 261 g/mol. The van der Waals surface area contributed by atoms with Gasteiger partial charge in [-0.15, -0.1) is 0 Å². The number of sulfone groups is 1. The van der Waals surface area contributed by atoms with E-state index in [2.05, 4.69) is 19.2 Å². The summed E-state index contributed by atoms with van der Waals surface area (Å²) in [5.41, 5.74) is 0. The van der Waals surface area contributed by atoms with Gasteiger partial charge >= 0.3 is 0 Å². The maximum Gasteiger partial charge on any atom is 0.151 e. The summed E-state index contributed by atoms with van der Waals surface area (Å²) < 4.78 is 23.9. The van der Waals surface area contributed by atoms with Crippen LogP contribution in [-0.2, 0) is 9.84 Å². The zero-order chi connectivity index (χ0) is 12.7. The first-order valence-corrected chi connectivity index (χ1v) is 8.85. The first-order valence-electron chi connectivity index (χ1n) is 7.03. The zero-order valence-corrected chi connectivity index (χ0v) is 12.1. The summed E-state index contributed by atoms with van der Waals surface area (Å²) in [6.45, 7) is 5.15. The molecule has 4 heteroatoms. The van der Waals surface area contributed by atoms with Crippen molar-refractivity contribution in [1.29, 1.82) is 0 Å². The van der Waals surface area contributed by atoms with Gasteiger partial charge in [0.2, 0.25) is 0 Å². The molecule has 0 amide bonds. The van der Waals surface area contributed by atoms with E-state index in [9.17, 15) is 8.42 Å². The molecule has 0 bridgehead atoms. The Morgan fingerprint density at radius 3 is 2.41 bits per heavy atom. The van der Waals surface area contributed by atoms with Crippen molar-refractivity contribution in [3.63, 3.8) is 0 Å². The van der Waals surface area contributed by atoms with Crippen molar-refractivity contribution >= 4 is 9.84 Å². The summed E-state index contributed by atoms with van der Waals surface area (Å²) in [4.78, 5) is 0. The average Bonchev–Trinajstić information content (AvgIpc) is 3.08. The van der Waals surface area contributed by atoms with E-state index < -0.39 is 9.84 Å². The topological polar surface area (TPSA) is 46.2 Å². The molecule has 17 heavy (non-hydrogen) atoms. The van der Waals surface area contributed by atoms with Crippen molar-refractivity contribution in [2.24, 2.45) is 5.92 Å². The van der Waals surface area contributed by atoms with Gasteiger partial charge in [-0.05, 0) is 38.1 Å². The molecule has 1 aliphatic rings. The molecule has 3 nitrogen and oxygen atoms in total. The summed E-state index contributed by atoms with van der Waals surface area (Å²) in [5.74, 6) is 1.33. The Kier molecular flexibility index (Phi) is 6.49. The van der Waals surface area contributed by atoms with Crippen LogP contribution in [0.3, 0.4) is 0 Å². The van der Waals surface area contributed by atoms with E-state index >= 15 is 0 Å². The third kappa shape index (κ3) is 6.41. The molecule has 1 aliphatic carbocycles. The van der Waals surface area contributed by atoms with Crippen LogP contribution in [0.25, 0.3) is 0 Å². The van der Waals surface area contributed by atoms with Crippen LogP contribution in [0.2, 0.25) is 0 Å². The van der Waals surface area contributed by atoms with Crippen LogP contribution in [0.5, 0.6) is 0 Å². The lowest BCUT2D eigenvalue weighted by Crippen LogP contribution is -2.38. The van der Waals surface area contributed by atoms with Crippen LogP contribution in [-0.4, -0.2) is 32.5 Å². The van der Waals surface area contributed by atoms with Gasteiger partial charge in [-0.3, -0.25) is 0 Å². The Labute approximate surface area is 106 Å². The van der Waals surface area contributed by atoms with E-state index in [4.69, 9.17) is 0 Å². The van der Waals surface area contributed by atoms with Crippen molar-refractivity contribution in [2.75, 3.05) is 18.1 Å². The van der Waals surface area contributed by atoms with E-state index in [1.165, 1.54) is 12.8 Å². The molecule has 1 saturated carbocycles. The molecule has 0 saturated heterocycles. The summed E-state index contributed by atoms with van der Waals surface area (Å²) in [7, 11) is -2.85. The van der Waals surface area contributed by atoms with Crippen LogP contribution in [0, 0.1) is 5.92 Å². The Morgan fingerprint density at radius 1 is 1.18 bits per heavy atom. The fourth-order valence-electron chi connectivity index (χ4n) is 2.12. The van der Waals surface area contributed by atoms with E-state index in [1.54, 1.807) is 0 Å². The SMILES string of the molecule is CCCCCS(=O)(=O)CC(NCCC)C1CC1. The molecule has 1 unspecified atom stereocenters. The predicted octanol–water partition coefficient (Wildman–Crippen LogP) is 2.37. The first kappa shape index (κ1) is 15.0. The lowest BCUT2D eigenvalue weighted by atomic mass is 10.2. The van der Waals surface area contributed by atoms with Crippen molar-refractivity contribution in [3.8, 4) is 0 Å². The molecule has 0 aromatic heterocycles. The van der Waals surface area contributed by atoms with Gasteiger partial charge in [0.05, 0.1) is 11.5 Å². The Bertz CT molecular complexity index is 297. The number of unbranched alkanes of at least 4 members (excludes halogenated alkanes) is 2. The Hall–Kier alpha value is -0.0900. The molecule has 1 atom stereocenters. The number of hydrogen-bond donors (Lipinski definition) is 1. The Morgan fingerprint density at radius 2 is 1.88 bits per heavy atom. The lowest BCUT2D eigenvalue weighted by molar-refractivity contribution is 0.488. The predicted molar refractivity (Wildman–Crippen MR) is 73.0 cm³/mol. The van der Waals surface area contributed by atoms with E-state index in [0.29, 0.717) is 17.4 Å². The molecule has 0 aliphatic heterocycles. The lowest BCUT2D eigenvalue weighted by Gasteiger charge is -2.17. The molecule has 0 heterocycles. The highest BCUT2D eigenvalue weighted by molar-refractivity contribution is 7.91. The van der Waals surface area contributed by atoms with Gasteiger partial charge in [0.25, 0.3) is 0 Å². The second kappa shape index (κ2) is 7.37. The maximum absolute atomic E-state index is 12.0. The minimum atomic E-state index is -2.85. The van der Waals surface area contributed by atoms with Gasteiger partial charge < -0.3 is 5.32 Å². The van der Waals surface area contributed by atoms with Gasteiger partial charge in [-0.1, -0.05) is 26.7 Å². The van der Waals surface area contributed by atoms with Crippen molar-refractivity contribution in [1.82, 2.24) is 5.32 Å². The minimum absolute atomic E-state index is 0.210.